The maximum atomic E-state index is 12.5. The highest BCUT2D eigenvalue weighted by atomic mass is 16.5. The Hall–Kier alpha value is -2.09. The molecule has 0 aliphatic rings. The molecule has 0 radical (unpaired) electrons. The van der Waals surface area contributed by atoms with E-state index in [1.54, 1.807) is 0 Å². The molecule has 0 saturated carbocycles. The molecule has 23 heavy (non-hydrogen) atoms. The second kappa shape index (κ2) is 7.96. The van der Waals surface area contributed by atoms with Crippen molar-refractivity contribution in [3.05, 3.63) is 54.6 Å². The number of unbranched alkanes of at least 4 members (excludes halogenated alkanes) is 1. The van der Waals surface area contributed by atoms with Gasteiger partial charge in [-0.2, -0.15) is 0 Å². The Labute approximate surface area is 139 Å². The molecule has 0 saturated heterocycles. The summed E-state index contributed by atoms with van der Waals surface area (Å²) in [5.74, 6) is 0.492. The van der Waals surface area contributed by atoms with Gasteiger partial charge in [-0.15, -0.1) is 0 Å². The lowest BCUT2D eigenvalue weighted by molar-refractivity contribution is -0.145. The molecule has 0 N–H and O–H groups in total. The van der Waals surface area contributed by atoms with Crippen LogP contribution >= 0.6 is 0 Å². The third kappa shape index (κ3) is 4.44. The van der Waals surface area contributed by atoms with Crippen LogP contribution in [0.3, 0.4) is 0 Å². The molecule has 2 nitrogen and oxygen atoms in total. The van der Waals surface area contributed by atoms with Crippen LogP contribution in [-0.4, -0.2) is 5.97 Å². The average Bonchev–Trinajstić information content (AvgIpc) is 2.61. The fraction of sp³-hybridized carbons (Fsp3) is 0.381. The number of benzene rings is 2. The maximum Gasteiger partial charge on any atom is 0.317 e. The van der Waals surface area contributed by atoms with Crippen LogP contribution in [0.25, 0.3) is 11.1 Å². The topological polar surface area (TPSA) is 26.3 Å². The van der Waals surface area contributed by atoms with Gasteiger partial charge in [0.25, 0.3) is 0 Å². The van der Waals surface area contributed by atoms with Crippen molar-refractivity contribution in [2.45, 2.75) is 46.5 Å². The van der Waals surface area contributed by atoms with E-state index in [2.05, 4.69) is 26.0 Å². The van der Waals surface area contributed by atoms with E-state index in [1.165, 1.54) is 0 Å². The van der Waals surface area contributed by atoms with E-state index in [-0.39, 0.29) is 5.97 Å². The third-order valence-electron chi connectivity index (χ3n) is 4.53. The van der Waals surface area contributed by atoms with Crippen molar-refractivity contribution in [3.63, 3.8) is 0 Å². The van der Waals surface area contributed by atoms with E-state index in [1.807, 2.05) is 49.4 Å². The summed E-state index contributed by atoms with van der Waals surface area (Å²) in [5.41, 5.74) is 1.88. The van der Waals surface area contributed by atoms with Gasteiger partial charge >= 0.3 is 5.97 Å². The van der Waals surface area contributed by atoms with Crippen molar-refractivity contribution < 1.29 is 9.53 Å². The SMILES string of the molecule is CCCCC(C)(CC)C(=O)Oc1ccc(-c2ccccc2)cc1. The predicted molar refractivity (Wildman–Crippen MR) is 95.4 cm³/mol. The molecule has 0 spiro atoms. The van der Waals surface area contributed by atoms with Gasteiger partial charge in [-0.25, -0.2) is 0 Å². The van der Waals surface area contributed by atoms with E-state index >= 15 is 0 Å². The molecule has 0 amide bonds. The summed E-state index contributed by atoms with van der Waals surface area (Å²) in [6, 6.07) is 17.9. The molecule has 1 atom stereocenters. The second-order valence-corrected chi connectivity index (χ2v) is 6.30. The van der Waals surface area contributed by atoms with Crippen LogP contribution in [0.15, 0.2) is 54.6 Å². The molecule has 2 aromatic rings. The van der Waals surface area contributed by atoms with Gasteiger partial charge in [-0.3, -0.25) is 4.79 Å². The lowest BCUT2D eigenvalue weighted by atomic mass is 9.82. The normalized spacial score (nSPS) is 13.3. The number of hydrogen-bond donors (Lipinski definition) is 0. The van der Waals surface area contributed by atoms with Crippen LogP contribution in [0.2, 0.25) is 0 Å². The van der Waals surface area contributed by atoms with E-state index < -0.39 is 5.41 Å². The Balaban J connectivity index is 2.07. The number of ether oxygens (including phenoxy) is 1. The van der Waals surface area contributed by atoms with Gasteiger partial charge in [-0.05, 0) is 43.0 Å². The fourth-order valence-corrected chi connectivity index (χ4v) is 2.57. The summed E-state index contributed by atoms with van der Waals surface area (Å²) in [7, 11) is 0. The smallest absolute Gasteiger partial charge is 0.317 e. The molecular weight excluding hydrogens is 284 g/mol. The lowest BCUT2D eigenvalue weighted by Crippen LogP contribution is -2.31. The van der Waals surface area contributed by atoms with Gasteiger partial charge in [0.2, 0.25) is 0 Å². The van der Waals surface area contributed by atoms with Crippen LogP contribution in [0.5, 0.6) is 5.75 Å². The van der Waals surface area contributed by atoms with Crippen LogP contribution in [0, 0.1) is 5.41 Å². The minimum Gasteiger partial charge on any atom is -0.426 e. The molecule has 2 rings (SSSR count). The highest BCUT2D eigenvalue weighted by Gasteiger charge is 2.32. The Morgan fingerprint density at radius 3 is 2.13 bits per heavy atom. The van der Waals surface area contributed by atoms with Crippen LogP contribution in [0.1, 0.15) is 46.5 Å². The molecule has 0 aliphatic carbocycles. The first-order valence-electron chi connectivity index (χ1n) is 8.47. The molecule has 0 heterocycles. The predicted octanol–water partition coefficient (Wildman–Crippen LogP) is 5.87. The first kappa shape index (κ1) is 17.3. The van der Waals surface area contributed by atoms with Gasteiger partial charge in [0.05, 0.1) is 5.41 Å². The zero-order valence-electron chi connectivity index (χ0n) is 14.3. The van der Waals surface area contributed by atoms with E-state index in [9.17, 15) is 4.79 Å². The third-order valence-corrected chi connectivity index (χ3v) is 4.53. The summed E-state index contributed by atoms with van der Waals surface area (Å²) >= 11 is 0. The van der Waals surface area contributed by atoms with Gasteiger partial charge < -0.3 is 4.74 Å². The summed E-state index contributed by atoms with van der Waals surface area (Å²) < 4.78 is 5.62. The van der Waals surface area contributed by atoms with Gasteiger partial charge in [0, 0.05) is 0 Å². The average molecular weight is 310 g/mol. The maximum absolute atomic E-state index is 12.5. The molecular formula is C21H26O2. The summed E-state index contributed by atoms with van der Waals surface area (Å²) in [5, 5.41) is 0. The van der Waals surface area contributed by atoms with Gasteiger partial charge in [0.15, 0.2) is 0 Å². The Bertz CT molecular complexity index is 616. The van der Waals surface area contributed by atoms with E-state index in [4.69, 9.17) is 4.74 Å². The van der Waals surface area contributed by atoms with Crippen molar-refractivity contribution in [2.75, 3.05) is 0 Å². The Morgan fingerprint density at radius 1 is 0.957 bits per heavy atom. The number of hydrogen-bond acceptors (Lipinski definition) is 2. The molecule has 0 aliphatic heterocycles. The zero-order chi connectivity index (χ0) is 16.7. The van der Waals surface area contributed by atoms with Crippen molar-refractivity contribution in [2.24, 2.45) is 5.41 Å². The summed E-state index contributed by atoms with van der Waals surface area (Å²) in [6.45, 7) is 6.20. The molecule has 122 valence electrons. The zero-order valence-corrected chi connectivity index (χ0v) is 14.3. The molecule has 0 fully saturated rings. The summed E-state index contributed by atoms with van der Waals surface area (Å²) in [4.78, 5) is 12.5. The van der Waals surface area contributed by atoms with Crippen LogP contribution < -0.4 is 4.74 Å². The minimum atomic E-state index is -0.395. The number of carbonyl (C=O) groups excluding carboxylic acids is 1. The number of rotatable bonds is 7. The number of carbonyl (C=O) groups is 1. The van der Waals surface area contributed by atoms with Gasteiger partial charge in [-0.1, -0.05) is 69.2 Å². The highest BCUT2D eigenvalue weighted by Crippen LogP contribution is 2.31. The molecule has 2 aromatic carbocycles. The molecule has 0 bridgehead atoms. The lowest BCUT2D eigenvalue weighted by Gasteiger charge is -2.25. The standard InChI is InChI=1S/C21H26O2/c1-4-6-16-21(3,5-2)20(22)23-19-14-12-18(13-15-19)17-10-8-7-9-11-17/h7-15H,4-6,16H2,1-3H3. The molecule has 1 unspecified atom stereocenters. The van der Waals surface area contributed by atoms with E-state index in [0.29, 0.717) is 5.75 Å². The highest BCUT2D eigenvalue weighted by molar-refractivity contribution is 5.79. The van der Waals surface area contributed by atoms with Crippen molar-refractivity contribution in [1.29, 1.82) is 0 Å². The van der Waals surface area contributed by atoms with Crippen molar-refractivity contribution in [3.8, 4) is 16.9 Å². The van der Waals surface area contributed by atoms with Crippen LogP contribution in [-0.2, 0) is 4.79 Å². The molecule has 0 aromatic heterocycles. The minimum absolute atomic E-state index is 0.124. The first-order chi connectivity index (χ1) is 11.1. The fourth-order valence-electron chi connectivity index (χ4n) is 2.57. The Kier molecular flexibility index (Phi) is 5.97. The van der Waals surface area contributed by atoms with Crippen LogP contribution in [0.4, 0.5) is 0 Å². The van der Waals surface area contributed by atoms with Crippen molar-refractivity contribution >= 4 is 5.97 Å². The van der Waals surface area contributed by atoms with Gasteiger partial charge in [0.1, 0.15) is 5.75 Å². The second-order valence-electron chi connectivity index (χ2n) is 6.30. The molecule has 2 heteroatoms. The van der Waals surface area contributed by atoms with E-state index in [0.717, 1.165) is 36.8 Å². The number of esters is 1. The van der Waals surface area contributed by atoms with Crippen molar-refractivity contribution in [1.82, 2.24) is 0 Å². The first-order valence-corrected chi connectivity index (χ1v) is 8.47. The quantitative estimate of drug-likeness (QED) is 0.472. The Morgan fingerprint density at radius 2 is 1.57 bits per heavy atom. The summed E-state index contributed by atoms with van der Waals surface area (Å²) in [6.07, 6.45) is 3.82. The largest absolute Gasteiger partial charge is 0.426 e. The monoisotopic (exact) mass is 310 g/mol.